The molecule has 10 nitrogen and oxygen atoms in total. The Morgan fingerprint density at radius 3 is 0.978 bits per heavy atom. The Hall–Kier alpha value is -0.400. The molecule has 5 heterocycles. The van der Waals surface area contributed by atoms with E-state index >= 15 is 0 Å². The molecule has 4 aliphatic carbocycles. The van der Waals surface area contributed by atoms with Crippen molar-refractivity contribution in [2.24, 2.45) is 59.2 Å². The summed E-state index contributed by atoms with van der Waals surface area (Å²) in [6, 6.07) is 0. The van der Waals surface area contributed by atoms with Crippen LogP contribution in [-0.2, 0) is 9.59 Å². The van der Waals surface area contributed by atoms with Crippen LogP contribution in [-0.4, -0.2) is 59.8 Å². The van der Waals surface area contributed by atoms with Crippen molar-refractivity contribution in [3.05, 3.63) is 0 Å². The van der Waals surface area contributed by atoms with Crippen molar-refractivity contribution in [1.29, 1.82) is 0 Å². The smallest absolute Gasteiger partial charge is 0.225 e. The van der Waals surface area contributed by atoms with Crippen LogP contribution in [0.2, 0.25) is 0 Å². The maximum absolute atomic E-state index is 13.1. The van der Waals surface area contributed by atoms with Crippen molar-refractivity contribution in [3.8, 4) is 0 Å². The zero-order chi connectivity index (χ0) is 31.1. The highest BCUT2D eigenvalue weighted by Crippen LogP contribution is 2.49. The maximum Gasteiger partial charge on any atom is 0.225 e. The Morgan fingerprint density at radius 1 is 0.370 bits per heavy atom. The second-order valence-electron chi connectivity index (χ2n) is 16.6. The molecular weight excluding hydrogens is 623 g/mol. The van der Waals surface area contributed by atoms with Gasteiger partial charge in [0.2, 0.25) is 10.5 Å². The quantitative estimate of drug-likeness (QED) is 0.207. The van der Waals surface area contributed by atoms with Crippen LogP contribution < -0.4 is 42.5 Å². The molecule has 0 spiro atoms. The molecule has 5 saturated heterocycles. The second-order valence-corrected chi connectivity index (χ2v) is 17.3. The van der Waals surface area contributed by atoms with Crippen molar-refractivity contribution in [2.75, 3.05) is 0 Å². The first kappa shape index (κ1) is 31.6. The minimum Gasteiger partial charge on any atom is -0.286 e. The molecule has 0 aromatic heterocycles. The van der Waals surface area contributed by atoms with E-state index in [0.29, 0.717) is 48.1 Å². The molecule has 4 saturated carbocycles. The highest BCUT2D eigenvalue weighted by Gasteiger charge is 2.58. The number of hydrogen-bond donors (Lipinski definition) is 8. The lowest BCUT2D eigenvalue weighted by Crippen LogP contribution is -2.62. The fraction of sp³-hybridized carbons (Fsp3) is 0.941. The standard InChI is InChI=1S/C34H54Cl2N8O2/c35-25(45)21-13-14-22-24(23(21)26(36)46)34-43-32-20-12-6-5-11-19(20)30(41-32)39-28-16-8-2-1-7-15(16)27(37-28)38-29-17-9-3-4-10-18(17)31(40-29)42-33(22)44-34/h15-24,27-34,37-44H,1-14H2. The third-order valence-corrected chi connectivity index (χ3v) is 15.1. The van der Waals surface area contributed by atoms with E-state index in [1.165, 1.54) is 77.0 Å². The van der Waals surface area contributed by atoms with Crippen LogP contribution in [0.1, 0.15) is 89.9 Å². The first-order chi connectivity index (χ1) is 22.4. The number of carbonyl (C=O) groups is 2. The summed E-state index contributed by atoms with van der Waals surface area (Å²) in [5.74, 6) is 2.41. The lowest BCUT2D eigenvalue weighted by atomic mass is 9.67. The largest absolute Gasteiger partial charge is 0.286 e. The van der Waals surface area contributed by atoms with Gasteiger partial charge in [-0.2, -0.15) is 0 Å². The van der Waals surface area contributed by atoms with E-state index in [-0.39, 0.29) is 55.0 Å². The molecule has 256 valence electrons. The summed E-state index contributed by atoms with van der Waals surface area (Å²) in [5, 5.41) is 31.9. The Kier molecular flexibility index (Phi) is 8.74. The lowest BCUT2D eigenvalue weighted by Gasteiger charge is -2.41. The number of hydrogen-bond acceptors (Lipinski definition) is 10. The molecule has 12 heteroatoms. The molecule has 0 amide bonds. The topological polar surface area (TPSA) is 130 Å². The number of halogens is 2. The van der Waals surface area contributed by atoms with E-state index in [4.69, 9.17) is 23.2 Å². The molecule has 8 N–H and O–H groups in total. The molecule has 9 fully saturated rings. The van der Waals surface area contributed by atoms with Crippen molar-refractivity contribution >= 4 is 33.7 Å². The van der Waals surface area contributed by atoms with E-state index in [9.17, 15) is 9.59 Å². The van der Waals surface area contributed by atoms with Gasteiger partial charge in [-0.05, 0) is 116 Å². The number of rotatable bonds is 2. The minimum absolute atomic E-state index is 0.00770. The molecule has 18 unspecified atom stereocenters. The predicted octanol–water partition coefficient (Wildman–Crippen LogP) is 2.59. The summed E-state index contributed by atoms with van der Waals surface area (Å²) < 4.78 is 0. The zero-order valence-electron chi connectivity index (χ0n) is 26.9. The van der Waals surface area contributed by atoms with Gasteiger partial charge in [-0.25, -0.2) is 0 Å². The van der Waals surface area contributed by atoms with E-state index in [2.05, 4.69) is 42.5 Å². The molecule has 46 heavy (non-hydrogen) atoms. The predicted molar refractivity (Wildman–Crippen MR) is 177 cm³/mol. The summed E-state index contributed by atoms with van der Waals surface area (Å²) >= 11 is 12.6. The molecule has 0 aromatic rings. The van der Waals surface area contributed by atoms with E-state index in [1.54, 1.807) is 0 Å². The molecule has 8 bridgehead atoms. The third-order valence-electron chi connectivity index (χ3n) is 14.6. The van der Waals surface area contributed by atoms with Gasteiger partial charge in [0.05, 0.1) is 55.2 Å². The van der Waals surface area contributed by atoms with Crippen molar-refractivity contribution in [2.45, 2.75) is 139 Å². The van der Waals surface area contributed by atoms with E-state index in [0.717, 1.165) is 6.42 Å². The van der Waals surface area contributed by atoms with E-state index in [1.807, 2.05) is 0 Å². The number of carbonyl (C=O) groups excluding carboxylic acids is 2. The second kappa shape index (κ2) is 12.7. The summed E-state index contributed by atoms with van der Waals surface area (Å²) in [6.45, 7) is 0. The summed E-state index contributed by atoms with van der Waals surface area (Å²) in [7, 11) is 0. The molecule has 0 radical (unpaired) electrons. The van der Waals surface area contributed by atoms with Gasteiger partial charge in [-0.15, -0.1) is 0 Å². The number of nitrogens with one attached hydrogen (secondary N) is 8. The van der Waals surface area contributed by atoms with Crippen molar-refractivity contribution in [3.63, 3.8) is 0 Å². The summed E-state index contributed by atoms with van der Waals surface area (Å²) in [5.41, 5.74) is 0. The fourth-order valence-electron chi connectivity index (χ4n) is 12.6. The van der Waals surface area contributed by atoms with E-state index < -0.39 is 22.3 Å². The SMILES string of the molecule is O=C(Cl)C1CCC2C3NC4NC(NC5NC(NC6NC(NC(N3)C2C1C(=O)Cl)C1CCCCC61)C1CCCCC51)C1CCCCC41. The lowest BCUT2D eigenvalue weighted by molar-refractivity contribution is -0.129. The fourth-order valence-corrected chi connectivity index (χ4v) is 13.2. The van der Waals surface area contributed by atoms with Gasteiger partial charge in [0.1, 0.15) is 0 Å². The first-order valence-corrected chi connectivity index (χ1v) is 19.7. The van der Waals surface area contributed by atoms with Crippen LogP contribution in [0.25, 0.3) is 0 Å². The van der Waals surface area contributed by atoms with Crippen molar-refractivity contribution < 1.29 is 9.59 Å². The van der Waals surface area contributed by atoms with Gasteiger partial charge in [-0.1, -0.05) is 38.5 Å². The molecule has 0 aromatic carbocycles. The molecule has 18 atom stereocenters. The molecular formula is C34H54Cl2N8O2. The van der Waals surface area contributed by atoms with Gasteiger partial charge < -0.3 is 0 Å². The molecule has 5 aliphatic heterocycles. The number of fused-ring (bicyclic) bond motifs is 20. The van der Waals surface area contributed by atoms with Gasteiger partial charge in [0, 0.05) is 11.8 Å². The minimum atomic E-state index is -0.599. The van der Waals surface area contributed by atoms with Crippen LogP contribution in [0, 0.1) is 59.2 Å². The van der Waals surface area contributed by atoms with Gasteiger partial charge in [0.25, 0.3) is 0 Å². The summed E-state index contributed by atoms with van der Waals surface area (Å²) in [4.78, 5) is 25.8. The van der Waals surface area contributed by atoms with Gasteiger partial charge in [0.15, 0.2) is 0 Å². The van der Waals surface area contributed by atoms with Crippen molar-refractivity contribution in [1.82, 2.24) is 42.5 Å². The average molecular weight is 678 g/mol. The molecule has 9 aliphatic rings. The highest BCUT2D eigenvalue weighted by molar-refractivity contribution is 6.66. The molecule has 9 rings (SSSR count). The Morgan fingerprint density at radius 2 is 0.674 bits per heavy atom. The van der Waals surface area contributed by atoms with Crippen LogP contribution in [0.5, 0.6) is 0 Å². The first-order valence-electron chi connectivity index (χ1n) is 18.9. The zero-order valence-corrected chi connectivity index (χ0v) is 28.4. The van der Waals surface area contributed by atoms with Crippen LogP contribution >= 0.6 is 23.2 Å². The maximum atomic E-state index is 13.1. The summed E-state index contributed by atoms with van der Waals surface area (Å²) in [6.07, 6.45) is 17.9. The van der Waals surface area contributed by atoms with Crippen LogP contribution in [0.4, 0.5) is 0 Å². The average Bonchev–Trinajstić information content (AvgIpc) is 3.80. The normalized spacial score (nSPS) is 54.7. The highest BCUT2D eigenvalue weighted by atomic mass is 35.5. The van der Waals surface area contributed by atoms with Crippen LogP contribution in [0.3, 0.4) is 0 Å². The van der Waals surface area contributed by atoms with Gasteiger partial charge >= 0.3 is 0 Å². The van der Waals surface area contributed by atoms with Gasteiger partial charge in [-0.3, -0.25) is 52.1 Å². The Balaban J connectivity index is 1.08. The Bertz CT molecular complexity index is 1180. The van der Waals surface area contributed by atoms with Crippen LogP contribution in [0.15, 0.2) is 0 Å². The third kappa shape index (κ3) is 5.35. The Labute approximate surface area is 283 Å². The monoisotopic (exact) mass is 676 g/mol.